The fraction of sp³-hybridized carbons (Fsp3) is 0.562. The van der Waals surface area contributed by atoms with E-state index in [0.717, 1.165) is 24.3 Å². The maximum atomic E-state index is 13.6. The number of benzene rings is 1. The van der Waals surface area contributed by atoms with E-state index >= 15 is 0 Å². The third-order valence-corrected chi connectivity index (χ3v) is 4.89. The predicted octanol–water partition coefficient (Wildman–Crippen LogP) is 1.93. The van der Waals surface area contributed by atoms with E-state index in [9.17, 15) is 13.9 Å². The quantitative estimate of drug-likeness (QED) is 0.546. The van der Waals surface area contributed by atoms with Crippen molar-refractivity contribution in [3.8, 4) is 0 Å². The molecule has 1 aromatic rings. The number of nitrogens with zero attached hydrogens (tertiary/aromatic N) is 1. The molecule has 0 aromatic heterocycles. The van der Waals surface area contributed by atoms with Crippen LogP contribution in [0.15, 0.2) is 23.2 Å². The summed E-state index contributed by atoms with van der Waals surface area (Å²) in [5.41, 5.74) is -0.402. The Hall–Kier alpha value is -1.34. The van der Waals surface area contributed by atoms with E-state index < -0.39 is 17.2 Å². The minimum Gasteiger partial charge on any atom is -0.387 e. The van der Waals surface area contributed by atoms with E-state index in [4.69, 9.17) is 0 Å². The Morgan fingerprint density at radius 1 is 1.39 bits per heavy atom. The molecule has 1 heterocycles. The first-order valence-electron chi connectivity index (χ1n) is 7.79. The van der Waals surface area contributed by atoms with Gasteiger partial charge in [-0.15, -0.1) is 0 Å². The monoisotopic (exact) mass is 343 g/mol. The average Bonchev–Trinajstić information content (AvgIpc) is 2.95. The largest absolute Gasteiger partial charge is 0.387 e. The van der Waals surface area contributed by atoms with Crippen molar-refractivity contribution in [3.63, 3.8) is 0 Å². The van der Waals surface area contributed by atoms with E-state index in [1.807, 2.05) is 6.92 Å². The summed E-state index contributed by atoms with van der Waals surface area (Å²) in [6.45, 7) is 3.40. The van der Waals surface area contributed by atoms with Gasteiger partial charge in [-0.1, -0.05) is 0 Å². The highest BCUT2D eigenvalue weighted by atomic mass is 32.2. The fourth-order valence-electron chi connectivity index (χ4n) is 2.34. The number of aliphatic imine (C=N–C) groups is 1. The first-order chi connectivity index (χ1) is 11.0. The molecule has 0 bridgehead atoms. The molecule has 0 saturated carbocycles. The average molecular weight is 343 g/mol. The minimum atomic E-state index is -0.734. The number of guanidine groups is 1. The third-order valence-electron chi connectivity index (χ3n) is 3.65. The molecule has 1 aliphatic heterocycles. The van der Waals surface area contributed by atoms with Gasteiger partial charge in [0.2, 0.25) is 0 Å². The van der Waals surface area contributed by atoms with Gasteiger partial charge in [0.05, 0.1) is 12.1 Å². The Morgan fingerprint density at radius 3 is 2.91 bits per heavy atom. The summed E-state index contributed by atoms with van der Waals surface area (Å²) in [7, 11) is 0. The second-order valence-corrected chi connectivity index (χ2v) is 6.74. The Kier molecular flexibility index (Phi) is 6.65. The summed E-state index contributed by atoms with van der Waals surface area (Å²) in [5.74, 6) is 1.38. The highest BCUT2D eigenvalue weighted by Crippen LogP contribution is 2.27. The molecule has 0 aliphatic carbocycles. The molecule has 1 saturated heterocycles. The summed E-state index contributed by atoms with van der Waals surface area (Å²) in [6, 6.07) is 3.45. The van der Waals surface area contributed by atoms with Crippen molar-refractivity contribution < 1.29 is 13.9 Å². The van der Waals surface area contributed by atoms with Crippen LogP contribution in [0.2, 0.25) is 0 Å². The van der Waals surface area contributed by atoms with Crippen LogP contribution < -0.4 is 10.6 Å². The second-order valence-electron chi connectivity index (χ2n) is 5.63. The number of rotatable bonds is 6. The molecule has 0 radical (unpaired) electrons. The van der Waals surface area contributed by atoms with Crippen LogP contribution in [0.25, 0.3) is 0 Å². The fourth-order valence-corrected chi connectivity index (χ4v) is 3.62. The zero-order chi connectivity index (χ0) is 16.7. The van der Waals surface area contributed by atoms with Crippen LogP contribution in [-0.4, -0.2) is 47.8 Å². The van der Waals surface area contributed by atoms with Crippen molar-refractivity contribution in [2.75, 3.05) is 31.1 Å². The van der Waals surface area contributed by atoms with Crippen LogP contribution in [0, 0.1) is 11.6 Å². The smallest absolute Gasteiger partial charge is 0.191 e. The number of hydrogen-bond donors (Lipinski definition) is 3. The molecular formula is C16H23F2N3OS. The highest BCUT2D eigenvalue weighted by molar-refractivity contribution is 7.99. The zero-order valence-electron chi connectivity index (χ0n) is 13.2. The summed E-state index contributed by atoms with van der Waals surface area (Å²) >= 11 is 1.73. The summed E-state index contributed by atoms with van der Waals surface area (Å²) in [4.78, 5) is 4.40. The van der Waals surface area contributed by atoms with Crippen LogP contribution in [0.1, 0.15) is 18.9 Å². The molecule has 23 heavy (non-hydrogen) atoms. The molecule has 1 atom stereocenters. The van der Waals surface area contributed by atoms with Gasteiger partial charge in [0.15, 0.2) is 5.96 Å². The second kappa shape index (κ2) is 8.49. The standard InChI is InChI=1S/C16H23F2N3OS/c1-2-19-15(21-10-16(22)6-8-23-11-16)20-7-5-12-9-13(17)3-4-14(12)18/h3-4,9,22H,2,5-8,10-11H2,1H3,(H2,19,20,21). The van der Waals surface area contributed by atoms with Gasteiger partial charge < -0.3 is 15.7 Å². The van der Waals surface area contributed by atoms with Gasteiger partial charge in [-0.2, -0.15) is 11.8 Å². The lowest BCUT2D eigenvalue weighted by atomic mass is 10.1. The van der Waals surface area contributed by atoms with Crippen LogP contribution >= 0.6 is 11.8 Å². The van der Waals surface area contributed by atoms with E-state index in [-0.39, 0.29) is 0 Å². The minimum absolute atomic E-state index is 0.333. The lowest BCUT2D eigenvalue weighted by Crippen LogP contribution is -2.41. The Bertz CT molecular complexity index is 548. The van der Waals surface area contributed by atoms with Crippen LogP contribution in [0.5, 0.6) is 0 Å². The van der Waals surface area contributed by atoms with Crippen molar-refractivity contribution >= 4 is 17.7 Å². The molecule has 128 valence electrons. The summed E-state index contributed by atoms with van der Waals surface area (Å²) in [6.07, 6.45) is 1.10. The van der Waals surface area contributed by atoms with Gasteiger partial charge in [-0.25, -0.2) is 8.78 Å². The SMILES string of the molecule is CCNC(=NCC1(O)CCSC1)NCCc1cc(F)ccc1F. The number of halogens is 2. The van der Waals surface area contributed by atoms with E-state index in [0.29, 0.717) is 43.3 Å². The van der Waals surface area contributed by atoms with Crippen molar-refractivity contribution in [3.05, 3.63) is 35.4 Å². The normalized spacial score (nSPS) is 21.5. The number of thioether (sulfide) groups is 1. The first-order valence-corrected chi connectivity index (χ1v) is 8.94. The Balaban J connectivity index is 1.87. The van der Waals surface area contributed by atoms with E-state index in [2.05, 4.69) is 15.6 Å². The Morgan fingerprint density at radius 2 is 2.22 bits per heavy atom. The number of nitrogens with one attached hydrogen (secondary N) is 2. The molecule has 1 aromatic carbocycles. The number of hydrogen-bond acceptors (Lipinski definition) is 3. The van der Waals surface area contributed by atoms with E-state index in [1.54, 1.807) is 11.8 Å². The molecule has 4 nitrogen and oxygen atoms in total. The molecule has 3 N–H and O–H groups in total. The number of aliphatic hydroxyl groups is 1. The van der Waals surface area contributed by atoms with Crippen LogP contribution in [0.3, 0.4) is 0 Å². The van der Waals surface area contributed by atoms with Crippen LogP contribution in [-0.2, 0) is 6.42 Å². The third kappa shape index (κ3) is 5.66. The predicted molar refractivity (Wildman–Crippen MR) is 90.9 cm³/mol. The van der Waals surface area contributed by atoms with Gasteiger partial charge in [0.25, 0.3) is 0 Å². The van der Waals surface area contributed by atoms with Crippen molar-refractivity contribution in [2.24, 2.45) is 4.99 Å². The van der Waals surface area contributed by atoms with E-state index in [1.165, 1.54) is 6.07 Å². The lowest BCUT2D eigenvalue weighted by molar-refractivity contribution is 0.0778. The van der Waals surface area contributed by atoms with Gasteiger partial charge in [-0.05, 0) is 49.3 Å². The first kappa shape index (κ1) is 18.0. The molecule has 0 amide bonds. The maximum absolute atomic E-state index is 13.6. The van der Waals surface area contributed by atoms with Crippen LogP contribution in [0.4, 0.5) is 8.78 Å². The summed E-state index contributed by atoms with van der Waals surface area (Å²) in [5, 5.41) is 16.5. The lowest BCUT2D eigenvalue weighted by Gasteiger charge is -2.19. The summed E-state index contributed by atoms with van der Waals surface area (Å²) < 4.78 is 26.7. The van der Waals surface area contributed by atoms with Gasteiger partial charge >= 0.3 is 0 Å². The van der Waals surface area contributed by atoms with Gasteiger partial charge in [0.1, 0.15) is 11.6 Å². The highest BCUT2D eigenvalue weighted by Gasteiger charge is 2.31. The molecule has 0 spiro atoms. The Labute approximate surface area is 139 Å². The maximum Gasteiger partial charge on any atom is 0.191 e. The van der Waals surface area contributed by atoms with Crippen molar-refractivity contribution in [2.45, 2.75) is 25.4 Å². The zero-order valence-corrected chi connectivity index (χ0v) is 14.1. The van der Waals surface area contributed by atoms with Crippen molar-refractivity contribution in [1.82, 2.24) is 10.6 Å². The molecule has 1 fully saturated rings. The molecule has 7 heteroatoms. The molecule has 2 rings (SSSR count). The molecular weight excluding hydrogens is 320 g/mol. The van der Waals surface area contributed by atoms with Gasteiger partial charge in [0, 0.05) is 18.8 Å². The van der Waals surface area contributed by atoms with Gasteiger partial charge in [-0.3, -0.25) is 4.99 Å². The topological polar surface area (TPSA) is 56.7 Å². The molecule has 1 unspecified atom stereocenters. The van der Waals surface area contributed by atoms with Crippen molar-refractivity contribution in [1.29, 1.82) is 0 Å². The molecule has 1 aliphatic rings.